The molecule has 18 heavy (non-hydrogen) atoms. The van der Waals surface area contributed by atoms with Gasteiger partial charge < -0.3 is 0 Å². The van der Waals surface area contributed by atoms with Gasteiger partial charge in [0.15, 0.2) is 0 Å². The van der Waals surface area contributed by atoms with Crippen LogP contribution in [-0.4, -0.2) is 10.8 Å². The number of carbonyl (C=O) groups excluding carboxylic acids is 1. The Balaban J connectivity index is 1.90. The number of aryl methyl sites for hydroxylation is 1. The van der Waals surface area contributed by atoms with Crippen LogP contribution in [0.1, 0.15) is 50.8 Å². The van der Waals surface area contributed by atoms with Crippen molar-refractivity contribution in [3.8, 4) is 0 Å². The molecule has 0 aliphatic heterocycles. The zero-order valence-corrected chi connectivity index (χ0v) is 11.5. The van der Waals surface area contributed by atoms with E-state index in [2.05, 4.69) is 24.9 Å². The van der Waals surface area contributed by atoms with Gasteiger partial charge in [-0.05, 0) is 36.8 Å². The van der Waals surface area contributed by atoms with Crippen LogP contribution in [0.2, 0.25) is 0 Å². The molecule has 0 bridgehead atoms. The fourth-order valence-corrected chi connectivity index (χ4v) is 2.67. The molecule has 2 heteroatoms. The number of rotatable bonds is 4. The molecule has 1 aliphatic carbocycles. The van der Waals surface area contributed by atoms with Crippen LogP contribution in [0, 0.1) is 11.8 Å². The smallest absolute Gasteiger partial charge is 0.141 e. The molecule has 1 fully saturated rings. The number of pyridine rings is 1. The largest absolute Gasteiger partial charge is 0.299 e. The summed E-state index contributed by atoms with van der Waals surface area (Å²) in [4.78, 5) is 16.6. The molecule has 0 saturated heterocycles. The molecule has 0 radical (unpaired) electrons. The van der Waals surface area contributed by atoms with Crippen molar-refractivity contribution in [2.45, 2.75) is 52.4 Å². The van der Waals surface area contributed by atoms with Gasteiger partial charge in [0.25, 0.3) is 0 Å². The van der Waals surface area contributed by atoms with E-state index in [1.165, 1.54) is 18.4 Å². The van der Waals surface area contributed by atoms with Gasteiger partial charge in [-0.15, -0.1) is 0 Å². The molecule has 0 N–H and O–H groups in total. The summed E-state index contributed by atoms with van der Waals surface area (Å²) in [5.74, 6) is 1.48. The summed E-state index contributed by atoms with van der Waals surface area (Å²) < 4.78 is 0. The van der Waals surface area contributed by atoms with E-state index >= 15 is 0 Å². The Labute approximate surface area is 110 Å². The van der Waals surface area contributed by atoms with Crippen LogP contribution in [0.5, 0.6) is 0 Å². The van der Waals surface area contributed by atoms with Crippen molar-refractivity contribution in [1.29, 1.82) is 0 Å². The minimum Gasteiger partial charge on any atom is -0.299 e. The van der Waals surface area contributed by atoms with Crippen molar-refractivity contribution in [3.05, 3.63) is 29.6 Å². The maximum Gasteiger partial charge on any atom is 0.141 e. The first-order chi connectivity index (χ1) is 8.69. The second kappa shape index (κ2) is 6.12. The summed E-state index contributed by atoms with van der Waals surface area (Å²) in [5, 5.41) is 0. The lowest BCUT2D eigenvalue weighted by Crippen LogP contribution is -2.22. The topological polar surface area (TPSA) is 30.0 Å². The highest BCUT2D eigenvalue weighted by Crippen LogP contribution is 2.29. The van der Waals surface area contributed by atoms with Crippen molar-refractivity contribution in [1.82, 2.24) is 4.98 Å². The SMILES string of the molecule is CCc1ccc(CC(=O)C2CCC(C)CC2)nc1. The van der Waals surface area contributed by atoms with Crippen molar-refractivity contribution in [2.24, 2.45) is 11.8 Å². The second-order valence-electron chi connectivity index (χ2n) is 5.61. The Hall–Kier alpha value is -1.18. The molecule has 1 aromatic heterocycles. The number of hydrogen-bond acceptors (Lipinski definition) is 2. The van der Waals surface area contributed by atoms with E-state index in [4.69, 9.17) is 0 Å². The Morgan fingerprint density at radius 2 is 2.00 bits per heavy atom. The Morgan fingerprint density at radius 3 is 2.56 bits per heavy atom. The summed E-state index contributed by atoms with van der Waals surface area (Å²) in [7, 11) is 0. The van der Waals surface area contributed by atoms with Gasteiger partial charge in [-0.25, -0.2) is 0 Å². The van der Waals surface area contributed by atoms with Crippen LogP contribution in [0.15, 0.2) is 18.3 Å². The van der Waals surface area contributed by atoms with Gasteiger partial charge in [-0.1, -0.05) is 32.8 Å². The summed E-state index contributed by atoms with van der Waals surface area (Å²) in [6, 6.07) is 4.08. The van der Waals surface area contributed by atoms with Crippen LogP contribution in [-0.2, 0) is 17.6 Å². The Bertz CT molecular complexity index is 388. The number of carbonyl (C=O) groups is 1. The molecule has 2 rings (SSSR count). The first kappa shape index (κ1) is 13.3. The number of aromatic nitrogens is 1. The lowest BCUT2D eigenvalue weighted by atomic mass is 9.80. The van der Waals surface area contributed by atoms with Crippen LogP contribution >= 0.6 is 0 Å². The molecule has 1 saturated carbocycles. The summed E-state index contributed by atoms with van der Waals surface area (Å²) in [6.45, 7) is 4.40. The molecule has 1 aliphatic rings. The quantitative estimate of drug-likeness (QED) is 0.811. The third-order valence-electron chi connectivity index (χ3n) is 4.12. The van der Waals surface area contributed by atoms with E-state index in [0.29, 0.717) is 12.2 Å². The van der Waals surface area contributed by atoms with Gasteiger partial charge in [0.2, 0.25) is 0 Å². The summed E-state index contributed by atoms with van der Waals surface area (Å²) in [6.07, 6.45) is 7.98. The molecule has 0 spiro atoms. The highest BCUT2D eigenvalue weighted by atomic mass is 16.1. The molecule has 0 atom stereocenters. The molecule has 1 aromatic rings. The standard InChI is InChI=1S/C16H23NO/c1-3-13-6-9-15(17-11-13)10-16(18)14-7-4-12(2)5-8-14/h6,9,11-12,14H,3-5,7-8,10H2,1-2H3. The molecule has 0 amide bonds. The monoisotopic (exact) mass is 245 g/mol. The molecule has 98 valence electrons. The molecule has 2 nitrogen and oxygen atoms in total. The lowest BCUT2D eigenvalue weighted by molar-refractivity contribution is -0.123. The van der Waals surface area contributed by atoms with Crippen LogP contribution in [0.3, 0.4) is 0 Å². The van der Waals surface area contributed by atoms with E-state index in [9.17, 15) is 4.79 Å². The van der Waals surface area contributed by atoms with Gasteiger partial charge in [0.05, 0.1) is 0 Å². The molecule has 0 aromatic carbocycles. The first-order valence-corrected chi connectivity index (χ1v) is 7.15. The van der Waals surface area contributed by atoms with Crippen molar-refractivity contribution >= 4 is 5.78 Å². The summed E-state index contributed by atoms with van der Waals surface area (Å²) in [5.41, 5.74) is 2.16. The van der Waals surface area contributed by atoms with Crippen LogP contribution < -0.4 is 0 Å². The van der Waals surface area contributed by atoms with Crippen molar-refractivity contribution in [3.63, 3.8) is 0 Å². The average Bonchev–Trinajstić information content (AvgIpc) is 2.40. The highest BCUT2D eigenvalue weighted by Gasteiger charge is 2.24. The fraction of sp³-hybridized carbons (Fsp3) is 0.625. The van der Waals surface area contributed by atoms with E-state index < -0.39 is 0 Å². The minimum atomic E-state index is 0.286. The van der Waals surface area contributed by atoms with E-state index in [0.717, 1.165) is 30.9 Å². The number of Topliss-reactive ketones (excluding diaryl/α,β-unsaturated/α-hetero) is 1. The predicted molar refractivity (Wildman–Crippen MR) is 73.4 cm³/mol. The third-order valence-corrected chi connectivity index (χ3v) is 4.12. The average molecular weight is 245 g/mol. The number of hydrogen-bond donors (Lipinski definition) is 0. The Kier molecular flexibility index (Phi) is 4.51. The zero-order chi connectivity index (χ0) is 13.0. The minimum absolute atomic E-state index is 0.286. The number of ketones is 1. The van der Waals surface area contributed by atoms with Crippen LogP contribution in [0.4, 0.5) is 0 Å². The third kappa shape index (κ3) is 3.41. The summed E-state index contributed by atoms with van der Waals surface area (Å²) >= 11 is 0. The van der Waals surface area contributed by atoms with E-state index in [1.54, 1.807) is 0 Å². The second-order valence-corrected chi connectivity index (χ2v) is 5.61. The van der Waals surface area contributed by atoms with E-state index in [-0.39, 0.29) is 5.92 Å². The normalized spacial score (nSPS) is 23.9. The fourth-order valence-electron chi connectivity index (χ4n) is 2.67. The molecule has 1 heterocycles. The maximum atomic E-state index is 12.2. The first-order valence-electron chi connectivity index (χ1n) is 7.15. The van der Waals surface area contributed by atoms with Crippen molar-refractivity contribution < 1.29 is 4.79 Å². The maximum absolute atomic E-state index is 12.2. The van der Waals surface area contributed by atoms with Crippen LogP contribution in [0.25, 0.3) is 0 Å². The predicted octanol–water partition coefficient (Wildman–Crippen LogP) is 3.58. The van der Waals surface area contributed by atoms with Gasteiger partial charge in [0.1, 0.15) is 5.78 Å². The highest BCUT2D eigenvalue weighted by molar-refractivity contribution is 5.82. The molecular formula is C16H23NO. The van der Waals surface area contributed by atoms with Gasteiger partial charge in [-0.3, -0.25) is 9.78 Å². The van der Waals surface area contributed by atoms with E-state index in [1.807, 2.05) is 12.3 Å². The van der Waals surface area contributed by atoms with Crippen molar-refractivity contribution in [2.75, 3.05) is 0 Å². The molecule has 0 unspecified atom stereocenters. The molecular weight excluding hydrogens is 222 g/mol. The Morgan fingerprint density at radius 1 is 1.28 bits per heavy atom. The zero-order valence-electron chi connectivity index (χ0n) is 11.5. The van der Waals surface area contributed by atoms with Gasteiger partial charge >= 0.3 is 0 Å². The van der Waals surface area contributed by atoms with Gasteiger partial charge in [-0.2, -0.15) is 0 Å². The lowest BCUT2D eigenvalue weighted by Gasteiger charge is -2.24. The van der Waals surface area contributed by atoms with Gasteiger partial charge in [0, 0.05) is 24.2 Å². The number of nitrogens with zero attached hydrogens (tertiary/aromatic N) is 1.